The number of hydrogen-bond acceptors (Lipinski definition) is 7. The van der Waals surface area contributed by atoms with Crippen LogP contribution in [0.3, 0.4) is 0 Å². The van der Waals surface area contributed by atoms with Gasteiger partial charge in [0.1, 0.15) is 17.8 Å². The molecule has 1 N–H and O–H groups in total. The quantitative estimate of drug-likeness (QED) is 0.566. The smallest absolute Gasteiger partial charge is 0.273 e. The van der Waals surface area contributed by atoms with Gasteiger partial charge >= 0.3 is 0 Å². The average molecular weight is 497 g/mol. The molecule has 2 fully saturated rings. The molecule has 10 heteroatoms. The number of carbonyl (C=O) groups is 4. The first kappa shape index (κ1) is 22.7. The first-order chi connectivity index (χ1) is 16.5. The van der Waals surface area contributed by atoms with E-state index in [1.165, 1.54) is 16.2 Å². The third kappa shape index (κ3) is 4.01. The normalized spacial score (nSPS) is 20.6. The van der Waals surface area contributed by atoms with Crippen LogP contribution in [-0.2, 0) is 9.59 Å². The fourth-order valence-electron chi connectivity index (χ4n) is 4.83. The molecule has 0 saturated carbocycles. The number of nitrogens with one attached hydrogen (secondary N) is 1. The number of nitrogens with zero attached hydrogens (tertiary/aromatic N) is 3. The summed E-state index contributed by atoms with van der Waals surface area (Å²) in [6.45, 7) is 2.29. The highest BCUT2D eigenvalue weighted by Gasteiger charge is 2.52. The highest BCUT2D eigenvalue weighted by atomic mass is 32.1. The van der Waals surface area contributed by atoms with Crippen molar-refractivity contribution in [3.8, 4) is 0 Å². The van der Waals surface area contributed by atoms with Crippen molar-refractivity contribution in [1.82, 2.24) is 20.1 Å². The molecule has 0 radical (unpaired) electrons. The second-order valence-corrected chi connectivity index (χ2v) is 10.6. The molecule has 2 saturated heterocycles. The van der Waals surface area contributed by atoms with Crippen LogP contribution in [0, 0.1) is 0 Å². The summed E-state index contributed by atoms with van der Waals surface area (Å²) in [5.41, 5.74) is 0.285. The number of hydrogen-bond donors (Lipinski definition) is 1. The monoisotopic (exact) mass is 496 g/mol. The van der Waals surface area contributed by atoms with E-state index >= 15 is 0 Å². The Morgan fingerprint density at radius 3 is 2.79 bits per heavy atom. The summed E-state index contributed by atoms with van der Waals surface area (Å²) in [6, 6.07) is 7.15. The maximum absolute atomic E-state index is 13.5. The summed E-state index contributed by atoms with van der Waals surface area (Å²) in [6.07, 6.45) is 3.25. The van der Waals surface area contributed by atoms with Gasteiger partial charge in [0, 0.05) is 22.1 Å². The molecule has 5 rings (SSSR count). The van der Waals surface area contributed by atoms with Gasteiger partial charge in [-0.1, -0.05) is 19.4 Å². The van der Waals surface area contributed by atoms with E-state index in [0.717, 1.165) is 9.40 Å². The van der Waals surface area contributed by atoms with Crippen LogP contribution in [0.5, 0.6) is 0 Å². The van der Waals surface area contributed by atoms with Crippen LogP contribution < -0.4 is 5.32 Å². The van der Waals surface area contributed by atoms with Crippen molar-refractivity contribution >= 4 is 55.6 Å². The highest BCUT2D eigenvalue weighted by molar-refractivity contribution is 7.27. The molecule has 0 spiro atoms. The number of Topliss-reactive ketones (excluding diaryl/α,β-unsaturated/α-hetero) is 1. The van der Waals surface area contributed by atoms with Gasteiger partial charge in [0.2, 0.25) is 5.91 Å². The van der Waals surface area contributed by atoms with E-state index in [9.17, 15) is 19.2 Å². The Kier molecular flexibility index (Phi) is 6.18. The van der Waals surface area contributed by atoms with Gasteiger partial charge in [-0.15, -0.1) is 22.7 Å². The second-order valence-electron chi connectivity index (χ2n) is 8.52. The molecule has 8 nitrogen and oxygen atoms in total. The number of thiophene rings is 2. The summed E-state index contributed by atoms with van der Waals surface area (Å²) >= 11 is 2.98. The lowest BCUT2D eigenvalue weighted by Gasteiger charge is -2.28. The number of pyridine rings is 1. The van der Waals surface area contributed by atoms with Gasteiger partial charge in [0.05, 0.1) is 17.5 Å². The van der Waals surface area contributed by atoms with Crippen molar-refractivity contribution < 1.29 is 19.2 Å². The SMILES string of the molecule is CCCC(NC(=O)c1cc2sccc2s1)C(=O)N1CCC2C1C(=O)CN2C(=O)c1ccccn1. The van der Waals surface area contributed by atoms with Crippen LogP contribution in [0.15, 0.2) is 41.9 Å². The molecule has 2 aliphatic heterocycles. The number of carbonyl (C=O) groups excluding carboxylic acids is 4. The van der Waals surface area contributed by atoms with Gasteiger partial charge in [-0.2, -0.15) is 0 Å². The van der Waals surface area contributed by atoms with E-state index in [4.69, 9.17) is 0 Å². The highest BCUT2D eigenvalue weighted by Crippen LogP contribution is 2.32. The predicted molar refractivity (Wildman–Crippen MR) is 130 cm³/mol. The molecule has 3 atom stereocenters. The van der Waals surface area contributed by atoms with Gasteiger partial charge < -0.3 is 15.1 Å². The lowest BCUT2D eigenvalue weighted by molar-refractivity contribution is -0.138. The Bertz CT molecular complexity index is 1230. The molecule has 0 bridgehead atoms. The maximum Gasteiger partial charge on any atom is 0.273 e. The molecule has 2 aliphatic rings. The summed E-state index contributed by atoms with van der Waals surface area (Å²) in [4.78, 5) is 60.1. The minimum Gasteiger partial charge on any atom is -0.340 e. The van der Waals surface area contributed by atoms with E-state index in [2.05, 4.69) is 10.3 Å². The first-order valence-corrected chi connectivity index (χ1v) is 13.0. The Morgan fingerprint density at radius 1 is 1.21 bits per heavy atom. The number of ketones is 1. The molecule has 34 heavy (non-hydrogen) atoms. The van der Waals surface area contributed by atoms with Gasteiger partial charge in [-0.3, -0.25) is 24.2 Å². The van der Waals surface area contributed by atoms with Crippen LogP contribution in [-0.4, -0.2) is 69.5 Å². The number of rotatable bonds is 6. The van der Waals surface area contributed by atoms with Crippen LogP contribution in [0.1, 0.15) is 46.3 Å². The molecule has 5 heterocycles. The maximum atomic E-state index is 13.5. The number of amides is 3. The number of likely N-dealkylation sites (tertiary alicyclic amines) is 2. The van der Waals surface area contributed by atoms with Crippen molar-refractivity contribution in [2.45, 2.75) is 44.3 Å². The zero-order valence-corrected chi connectivity index (χ0v) is 20.2. The Morgan fingerprint density at radius 2 is 2.06 bits per heavy atom. The van der Waals surface area contributed by atoms with Gasteiger partial charge in [-0.05, 0) is 42.5 Å². The molecular formula is C24H24N4O4S2. The summed E-state index contributed by atoms with van der Waals surface area (Å²) in [7, 11) is 0. The van der Waals surface area contributed by atoms with E-state index in [-0.39, 0.29) is 41.8 Å². The van der Waals surface area contributed by atoms with E-state index in [1.54, 1.807) is 40.6 Å². The van der Waals surface area contributed by atoms with Gasteiger partial charge in [0.15, 0.2) is 5.78 Å². The van der Waals surface area contributed by atoms with Crippen molar-refractivity contribution in [2.24, 2.45) is 0 Å². The minimum atomic E-state index is -0.718. The predicted octanol–water partition coefficient (Wildman–Crippen LogP) is 2.95. The first-order valence-electron chi connectivity index (χ1n) is 11.3. The zero-order chi connectivity index (χ0) is 23.8. The Hall–Kier alpha value is -3.11. The minimum absolute atomic E-state index is 0.0365. The average Bonchev–Trinajstić information content (AvgIpc) is 3.60. The van der Waals surface area contributed by atoms with E-state index in [1.807, 2.05) is 24.4 Å². The van der Waals surface area contributed by atoms with Gasteiger partial charge in [-0.25, -0.2) is 0 Å². The van der Waals surface area contributed by atoms with Crippen LogP contribution in [0.2, 0.25) is 0 Å². The molecule has 0 aromatic carbocycles. The Balaban J connectivity index is 1.31. The van der Waals surface area contributed by atoms with Crippen LogP contribution >= 0.6 is 22.7 Å². The second kappa shape index (κ2) is 9.27. The zero-order valence-electron chi connectivity index (χ0n) is 18.6. The molecule has 176 valence electrons. The summed E-state index contributed by atoms with van der Waals surface area (Å²) in [5.74, 6) is -0.991. The number of fused-ring (bicyclic) bond motifs is 2. The molecule has 3 unspecified atom stereocenters. The van der Waals surface area contributed by atoms with Crippen LogP contribution in [0.25, 0.3) is 9.40 Å². The molecule has 3 aromatic rings. The molecule has 3 aromatic heterocycles. The molecular weight excluding hydrogens is 472 g/mol. The van der Waals surface area contributed by atoms with Crippen molar-refractivity contribution in [3.05, 3.63) is 52.5 Å². The van der Waals surface area contributed by atoms with E-state index in [0.29, 0.717) is 30.7 Å². The molecule has 3 amide bonds. The van der Waals surface area contributed by atoms with E-state index < -0.39 is 12.1 Å². The number of aromatic nitrogens is 1. The molecule has 0 aliphatic carbocycles. The largest absolute Gasteiger partial charge is 0.340 e. The lowest BCUT2D eigenvalue weighted by Crippen LogP contribution is -2.52. The Labute approximate surface area is 204 Å². The summed E-state index contributed by atoms with van der Waals surface area (Å²) < 4.78 is 2.09. The third-order valence-electron chi connectivity index (χ3n) is 6.39. The fraction of sp³-hybridized carbons (Fsp3) is 0.375. The van der Waals surface area contributed by atoms with Crippen LogP contribution in [0.4, 0.5) is 0 Å². The lowest BCUT2D eigenvalue weighted by atomic mass is 10.1. The summed E-state index contributed by atoms with van der Waals surface area (Å²) in [5, 5.41) is 4.88. The topological polar surface area (TPSA) is 99.7 Å². The fourth-order valence-corrected chi connectivity index (χ4v) is 6.84. The van der Waals surface area contributed by atoms with Gasteiger partial charge in [0.25, 0.3) is 11.8 Å². The third-order valence-corrected chi connectivity index (χ3v) is 8.49. The van der Waals surface area contributed by atoms with Crippen molar-refractivity contribution in [3.63, 3.8) is 0 Å². The van der Waals surface area contributed by atoms with Crippen molar-refractivity contribution in [1.29, 1.82) is 0 Å². The standard InChI is InChI=1S/C24H24N4O4S2/c1-2-5-15(26-22(30)20-12-19-18(34-20)8-11-33-19)24(32)27-10-7-16-21(27)17(29)13-28(16)23(31)14-6-3-4-9-25-14/h3-4,6,8-9,11-12,15-16,21H,2,5,7,10,13H2,1H3,(H,26,30). The van der Waals surface area contributed by atoms with Crippen molar-refractivity contribution in [2.75, 3.05) is 13.1 Å².